The van der Waals surface area contributed by atoms with Crippen LogP contribution in [0.25, 0.3) is 0 Å². The van der Waals surface area contributed by atoms with E-state index in [9.17, 15) is 19.2 Å². The minimum Gasteiger partial charge on any atom is -0.467 e. The fourth-order valence-corrected chi connectivity index (χ4v) is 6.78. The first kappa shape index (κ1) is 22.3. The van der Waals surface area contributed by atoms with Gasteiger partial charge in [-0.25, -0.2) is 4.79 Å². The molecule has 4 saturated heterocycles. The van der Waals surface area contributed by atoms with Crippen molar-refractivity contribution in [2.75, 3.05) is 32.8 Å². The van der Waals surface area contributed by atoms with Gasteiger partial charge in [-0.1, -0.05) is 19.1 Å². The molecule has 0 N–H and O–H groups in total. The van der Waals surface area contributed by atoms with Crippen molar-refractivity contribution in [2.24, 2.45) is 17.8 Å². The highest BCUT2D eigenvalue weighted by Gasteiger charge is 2.74. The largest absolute Gasteiger partial charge is 0.467 e. The number of piperidine rings is 1. The molecule has 6 rings (SSSR count). The van der Waals surface area contributed by atoms with Crippen molar-refractivity contribution in [3.8, 4) is 0 Å². The second kappa shape index (κ2) is 7.94. The summed E-state index contributed by atoms with van der Waals surface area (Å²) in [4.78, 5) is 57.9. The molecule has 5 aliphatic heterocycles. The van der Waals surface area contributed by atoms with Crippen LogP contribution in [0.15, 0.2) is 35.0 Å². The molecular formula is C25H29N3O7. The first-order valence-electron chi connectivity index (χ1n) is 12.3. The van der Waals surface area contributed by atoms with E-state index in [1.807, 2.05) is 19.1 Å². The molecule has 0 aromatic carbocycles. The Morgan fingerprint density at radius 3 is 2.60 bits per heavy atom. The number of carbonyl (C=O) groups excluding carboxylic acids is 4. The zero-order valence-electron chi connectivity index (χ0n) is 19.8. The summed E-state index contributed by atoms with van der Waals surface area (Å²) >= 11 is 0. The maximum atomic E-state index is 14.0. The third-order valence-corrected chi connectivity index (χ3v) is 8.35. The minimum absolute atomic E-state index is 0.0563. The molecule has 1 aromatic rings. The van der Waals surface area contributed by atoms with Gasteiger partial charge in [0.05, 0.1) is 42.9 Å². The third-order valence-electron chi connectivity index (χ3n) is 8.35. The summed E-state index contributed by atoms with van der Waals surface area (Å²) in [5, 5.41) is 0. The Bertz CT molecular complexity index is 1090. The van der Waals surface area contributed by atoms with Gasteiger partial charge in [-0.05, 0) is 19.1 Å². The lowest BCUT2D eigenvalue weighted by atomic mass is 9.70. The third kappa shape index (κ3) is 3.05. The van der Waals surface area contributed by atoms with Gasteiger partial charge in [0, 0.05) is 38.5 Å². The van der Waals surface area contributed by atoms with Gasteiger partial charge in [-0.2, -0.15) is 0 Å². The van der Waals surface area contributed by atoms with Gasteiger partial charge >= 0.3 is 6.09 Å². The summed E-state index contributed by atoms with van der Waals surface area (Å²) in [6, 6.07) is 2.53. The number of hydrogen-bond donors (Lipinski definition) is 0. The fraction of sp³-hybridized carbons (Fsp3) is 0.600. The van der Waals surface area contributed by atoms with E-state index in [-0.39, 0.29) is 30.1 Å². The number of carbonyl (C=O) groups is 4. The van der Waals surface area contributed by atoms with Crippen LogP contribution in [0.4, 0.5) is 4.79 Å². The predicted molar refractivity (Wildman–Crippen MR) is 120 cm³/mol. The van der Waals surface area contributed by atoms with Crippen molar-refractivity contribution in [1.82, 2.24) is 14.7 Å². The van der Waals surface area contributed by atoms with Gasteiger partial charge in [-0.3, -0.25) is 14.4 Å². The van der Waals surface area contributed by atoms with Crippen LogP contribution in [0.2, 0.25) is 0 Å². The highest BCUT2D eigenvalue weighted by Crippen LogP contribution is 2.60. The summed E-state index contributed by atoms with van der Waals surface area (Å²) in [6.07, 6.45) is 4.61. The van der Waals surface area contributed by atoms with Crippen molar-refractivity contribution in [3.63, 3.8) is 0 Å². The summed E-state index contributed by atoms with van der Waals surface area (Å²) in [5.74, 6) is -1.45. The van der Waals surface area contributed by atoms with Crippen molar-refractivity contribution in [2.45, 2.75) is 44.1 Å². The topological polar surface area (TPSA) is 110 Å². The SMILES string of the molecule is CCOC(=O)N1CCN(C(=O)[C@H]2[C@@H]3C=C[C@]4(O3)[C@H]2C(=O)N2[C@@H](c3ccco3)CC(=O)[C@@H](C)[C@@H]24)CC1. The Hall–Kier alpha value is -3.14. The number of ether oxygens (including phenoxy) is 2. The molecule has 186 valence electrons. The monoisotopic (exact) mass is 483 g/mol. The Labute approximate surface area is 202 Å². The summed E-state index contributed by atoms with van der Waals surface area (Å²) < 4.78 is 17.1. The summed E-state index contributed by atoms with van der Waals surface area (Å²) in [7, 11) is 0. The van der Waals surface area contributed by atoms with Crippen LogP contribution in [0, 0.1) is 17.8 Å². The molecule has 10 nitrogen and oxygen atoms in total. The van der Waals surface area contributed by atoms with Gasteiger partial charge < -0.3 is 28.6 Å². The molecule has 3 amide bonds. The average molecular weight is 484 g/mol. The number of nitrogens with zero attached hydrogens (tertiary/aromatic N) is 3. The van der Waals surface area contributed by atoms with Crippen molar-refractivity contribution >= 4 is 23.7 Å². The molecule has 6 heterocycles. The molecule has 5 aliphatic rings. The first-order valence-corrected chi connectivity index (χ1v) is 12.3. The zero-order chi connectivity index (χ0) is 24.5. The van der Waals surface area contributed by atoms with Crippen molar-refractivity contribution < 1.29 is 33.1 Å². The maximum absolute atomic E-state index is 14.0. The maximum Gasteiger partial charge on any atom is 0.409 e. The molecule has 4 fully saturated rings. The number of furan rings is 1. The first-order chi connectivity index (χ1) is 16.9. The molecule has 2 bridgehead atoms. The van der Waals surface area contributed by atoms with Crippen LogP contribution in [0.3, 0.4) is 0 Å². The Kier molecular flexibility index (Phi) is 5.07. The van der Waals surface area contributed by atoms with Gasteiger partial charge in [0.1, 0.15) is 17.1 Å². The molecule has 0 saturated carbocycles. The van der Waals surface area contributed by atoms with Gasteiger partial charge in [0.25, 0.3) is 0 Å². The second-order valence-corrected chi connectivity index (χ2v) is 9.99. The Morgan fingerprint density at radius 1 is 1.17 bits per heavy atom. The van der Waals surface area contributed by atoms with Crippen LogP contribution in [0.1, 0.15) is 32.1 Å². The van der Waals surface area contributed by atoms with E-state index >= 15 is 0 Å². The molecule has 0 aliphatic carbocycles. The van der Waals surface area contributed by atoms with E-state index < -0.39 is 41.5 Å². The van der Waals surface area contributed by atoms with Crippen molar-refractivity contribution in [3.05, 3.63) is 36.3 Å². The molecule has 35 heavy (non-hydrogen) atoms. The highest BCUT2D eigenvalue weighted by atomic mass is 16.6. The number of piperazine rings is 1. The number of rotatable bonds is 3. The van der Waals surface area contributed by atoms with E-state index in [0.717, 1.165) is 0 Å². The number of amides is 3. The number of ketones is 1. The molecule has 0 radical (unpaired) electrons. The van der Waals surface area contributed by atoms with Gasteiger partial charge in [-0.15, -0.1) is 0 Å². The van der Waals surface area contributed by atoms with E-state index in [4.69, 9.17) is 13.9 Å². The standard InChI is InChI=1S/C25H29N3O7/c1-3-33-24(32)27-10-8-26(9-11-27)22(30)19-18-6-7-25(35-18)20(19)23(31)28-15(17-5-4-12-34-17)13-16(29)14(2)21(25)28/h4-7,12,14-15,18-21H,3,8-11,13H2,1-2H3/t14-,15-,18+,19+,20-,21-,25+/m1/s1. The van der Waals surface area contributed by atoms with E-state index in [1.165, 1.54) is 6.26 Å². The molecule has 7 atom stereocenters. The average Bonchev–Trinajstić information content (AvgIpc) is 3.64. The van der Waals surface area contributed by atoms with Crippen molar-refractivity contribution in [1.29, 1.82) is 0 Å². The molecule has 10 heteroatoms. The van der Waals surface area contributed by atoms with Crippen LogP contribution in [-0.4, -0.2) is 88.9 Å². The summed E-state index contributed by atoms with van der Waals surface area (Å²) in [6.45, 7) is 5.40. The lowest BCUT2D eigenvalue weighted by Crippen LogP contribution is -2.55. The second-order valence-electron chi connectivity index (χ2n) is 9.99. The molecule has 0 unspecified atom stereocenters. The quantitative estimate of drug-likeness (QED) is 0.598. The van der Waals surface area contributed by atoms with Gasteiger partial charge in [0.15, 0.2) is 0 Å². The molecule has 1 spiro atoms. The molecule has 1 aromatic heterocycles. The normalized spacial score (nSPS) is 37.6. The fourth-order valence-electron chi connectivity index (χ4n) is 6.78. The lowest BCUT2D eigenvalue weighted by Gasteiger charge is -2.43. The Balaban J connectivity index is 1.28. The van der Waals surface area contributed by atoms with E-state index in [0.29, 0.717) is 38.5 Å². The number of hydrogen-bond acceptors (Lipinski definition) is 7. The lowest BCUT2D eigenvalue weighted by molar-refractivity contribution is -0.150. The van der Waals surface area contributed by atoms with Gasteiger partial charge in [0.2, 0.25) is 11.8 Å². The van der Waals surface area contributed by atoms with E-state index in [2.05, 4.69) is 0 Å². The van der Waals surface area contributed by atoms with Crippen LogP contribution in [-0.2, 0) is 23.9 Å². The molecular weight excluding hydrogens is 454 g/mol. The van der Waals surface area contributed by atoms with Crippen LogP contribution in [0.5, 0.6) is 0 Å². The number of Topliss-reactive ketones (excluding diaryl/α,β-unsaturated/α-hetero) is 1. The minimum atomic E-state index is -1.00. The predicted octanol–water partition coefficient (Wildman–Crippen LogP) is 1.38. The Morgan fingerprint density at radius 2 is 1.91 bits per heavy atom. The van der Waals surface area contributed by atoms with Crippen LogP contribution < -0.4 is 0 Å². The summed E-state index contributed by atoms with van der Waals surface area (Å²) in [5.41, 5.74) is -1.00. The number of fused-ring (bicyclic) bond motifs is 2. The smallest absolute Gasteiger partial charge is 0.409 e. The zero-order valence-corrected chi connectivity index (χ0v) is 19.8. The van der Waals surface area contributed by atoms with Crippen LogP contribution >= 0.6 is 0 Å². The highest BCUT2D eigenvalue weighted by molar-refractivity contribution is 5.96. The van der Waals surface area contributed by atoms with E-state index in [1.54, 1.807) is 33.8 Å².